The van der Waals surface area contributed by atoms with E-state index in [9.17, 15) is 4.79 Å². The van der Waals surface area contributed by atoms with E-state index < -0.39 is 5.91 Å². The van der Waals surface area contributed by atoms with E-state index in [1.165, 1.54) is 11.3 Å². The van der Waals surface area contributed by atoms with E-state index in [0.717, 1.165) is 23.5 Å². The highest BCUT2D eigenvalue weighted by Gasteiger charge is 2.16. The number of aromatic nitrogens is 1. The van der Waals surface area contributed by atoms with E-state index in [-0.39, 0.29) is 6.04 Å². The number of nitrogens with zero attached hydrogens (tertiary/aromatic N) is 1. The number of hydrogen-bond acceptors (Lipinski definition) is 4. The summed E-state index contributed by atoms with van der Waals surface area (Å²) >= 11 is 1.39. The zero-order valence-corrected chi connectivity index (χ0v) is 11.7. The molecule has 0 saturated heterocycles. The summed E-state index contributed by atoms with van der Waals surface area (Å²) in [6, 6.07) is 0.222. The number of hydrogen-bond donors (Lipinski definition) is 2. The first-order valence-electron chi connectivity index (χ1n) is 5.92. The third-order valence-corrected chi connectivity index (χ3v) is 3.96. The molecule has 0 aromatic carbocycles. The highest BCUT2D eigenvalue weighted by Crippen LogP contribution is 2.24. The Balaban J connectivity index is 2.62. The van der Waals surface area contributed by atoms with Gasteiger partial charge in [-0.2, -0.15) is 0 Å². The van der Waals surface area contributed by atoms with Crippen molar-refractivity contribution in [3.63, 3.8) is 0 Å². The fourth-order valence-electron chi connectivity index (χ4n) is 1.60. The second kappa shape index (κ2) is 6.12. The highest BCUT2D eigenvalue weighted by molar-refractivity contribution is 7.13. The summed E-state index contributed by atoms with van der Waals surface area (Å²) in [5.41, 5.74) is 6.12. The smallest absolute Gasteiger partial charge is 0.277 e. The lowest BCUT2D eigenvalue weighted by atomic mass is 10.1. The van der Waals surface area contributed by atoms with Crippen molar-refractivity contribution < 1.29 is 4.79 Å². The molecule has 5 heteroatoms. The van der Waals surface area contributed by atoms with Gasteiger partial charge in [-0.05, 0) is 32.7 Å². The van der Waals surface area contributed by atoms with E-state index in [2.05, 4.69) is 31.1 Å². The molecule has 0 radical (unpaired) electrons. The zero-order chi connectivity index (χ0) is 13.0. The van der Waals surface area contributed by atoms with Crippen LogP contribution in [-0.4, -0.2) is 17.4 Å². The number of amides is 1. The van der Waals surface area contributed by atoms with Gasteiger partial charge in [0.15, 0.2) is 5.01 Å². The molecular formula is C12H21N3OS. The topological polar surface area (TPSA) is 68.0 Å². The quantitative estimate of drug-likeness (QED) is 0.819. The van der Waals surface area contributed by atoms with Crippen LogP contribution in [0.15, 0.2) is 0 Å². The number of carbonyl (C=O) groups is 1. The second-order valence-electron chi connectivity index (χ2n) is 4.69. The van der Waals surface area contributed by atoms with Gasteiger partial charge < -0.3 is 11.1 Å². The normalized spacial score (nSPS) is 13.0. The third-order valence-electron chi connectivity index (χ3n) is 2.61. The Morgan fingerprint density at radius 2 is 2.12 bits per heavy atom. The predicted molar refractivity (Wildman–Crippen MR) is 71.2 cm³/mol. The number of primary amides is 1. The number of rotatable bonds is 6. The van der Waals surface area contributed by atoms with Crippen LogP contribution in [-0.2, 0) is 0 Å². The monoisotopic (exact) mass is 255 g/mol. The minimum atomic E-state index is -0.446. The molecule has 0 aliphatic carbocycles. The minimum Gasteiger partial charge on any atom is -0.364 e. The lowest BCUT2D eigenvalue weighted by molar-refractivity contribution is 0.1000. The summed E-state index contributed by atoms with van der Waals surface area (Å²) in [7, 11) is 0. The maximum Gasteiger partial charge on any atom is 0.277 e. The zero-order valence-electron chi connectivity index (χ0n) is 10.9. The molecule has 0 fully saturated rings. The average Bonchev–Trinajstić information content (AvgIpc) is 2.59. The first kappa shape index (κ1) is 14.1. The van der Waals surface area contributed by atoms with Gasteiger partial charge in [-0.1, -0.05) is 13.8 Å². The van der Waals surface area contributed by atoms with Crippen molar-refractivity contribution in [2.75, 3.05) is 6.54 Å². The van der Waals surface area contributed by atoms with Crippen LogP contribution in [0.2, 0.25) is 0 Å². The summed E-state index contributed by atoms with van der Waals surface area (Å²) in [6.45, 7) is 9.39. The largest absolute Gasteiger partial charge is 0.364 e. The summed E-state index contributed by atoms with van der Waals surface area (Å²) in [5.74, 6) is 0.247. The number of thiazole rings is 1. The van der Waals surface area contributed by atoms with Gasteiger partial charge in [-0.15, -0.1) is 11.3 Å². The van der Waals surface area contributed by atoms with Gasteiger partial charge in [0, 0.05) is 10.9 Å². The van der Waals surface area contributed by atoms with Crippen molar-refractivity contribution in [2.45, 2.75) is 40.2 Å². The Kier molecular flexibility index (Phi) is 5.08. The maximum absolute atomic E-state index is 11.0. The second-order valence-corrected chi connectivity index (χ2v) is 5.72. The Labute approximate surface area is 107 Å². The average molecular weight is 255 g/mol. The Hall–Kier alpha value is -0.940. The van der Waals surface area contributed by atoms with Crippen LogP contribution in [0.1, 0.15) is 53.6 Å². The fourth-order valence-corrected chi connectivity index (χ4v) is 2.54. The van der Waals surface area contributed by atoms with Gasteiger partial charge >= 0.3 is 0 Å². The van der Waals surface area contributed by atoms with E-state index in [0.29, 0.717) is 10.9 Å². The van der Waals surface area contributed by atoms with Gasteiger partial charge in [0.1, 0.15) is 0 Å². The summed E-state index contributed by atoms with van der Waals surface area (Å²) < 4.78 is 0. The molecule has 0 aliphatic rings. The molecular weight excluding hydrogens is 234 g/mol. The molecule has 1 heterocycles. The van der Waals surface area contributed by atoms with E-state index in [1.807, 2.05) is 6.92 Å². The minimum absolute atomic E-state index is 0.222. The third kappa shape index (κ3) is 4.09. The van der Waals surface area contributed by atoms with Crippen LogP contribution >= 0.6 is 11.3 Å². The molecule has 1 rings (SSSR count). The molecule has 1 atom stereocenters. The molecule has 96 valence electrons. The number of carbonyl (C=O) groups excluding carboxylic acids is 1. The molecule has 4 nitrogen and oxygen atoms in total. The van der Waals surface area contributed by atoms with Crippen LogP contribution in [0.4, 0.5) is 0 Å². The molecule has 3 N–H and O–H groups in total. The summed E-state index contributed by atoms with van der Waals surface area (Å²) in [6.07, 6.45) is 1.14. The van der Waals surface area contributed by atoms with Crippen LogP contribution < -0.4 is 11.1 Å². The van der Waals surface area contributed by atoms with Gasteiger partial charge in [-0.3, -0.25) is 4.79 Å². The van der Waals surface area contributed by atoms with Crippen molar-refractivity contribution in [3.05, 3.63) is 15.6 Å². The Bertz CT molecular complexity index is 387. The van der Waals surface area contributed by atoms with E-state index >= 15 is 0 Å². The highest BCUT2D eigenvalue weighted by atomic mass is 32.1. The number of nitrogens with one attached hydrogen (secondary N) is 1. The number of aryl methyl sites for hydroxylation is 1. The van der Waals surface area contributed by atoms with Gasteiger partial charge in [-0.25, -0.2) is 4.98 Å². The summed E-state index contributed by atoms with van der Waals surface area (Å²) in [4.78, 5) is 16.3. The van der Waals surface area contributed by atoms with Gasteiger partial charge in [0.25, 0.3) is 5.91 Å². The van der Waals surface area contributed by atoms with Crippen molar-refractivity contribution in [2.24, 2.45) is 11.7 Å². The molecule has 0 bridgehead atoms. The molecule has 1 amide bonds. The first-order chi connectivity index (χ1) is 7.91. The van der Waals surface area contributed by atoms with Crippen molar-refractivity contribution in [3.8, 4) is 0 Å². The molecule has 17 heavy (non-hydrogen) atoms. The molecule has 0 aliphatic heterocycles. The van der Waals surface area contributed by atoms with Crippen molar-refractivity contribution >= 4 is 17.2 Å². The molecule has 0 spiro atoms. The van der Waals surface area contributed by atoms with E-state index in [4.69, 9.17) is 5.73 Å². The van der Waals surface area contributed by atoms with Crippen LogP contribution in [0, 0.1) is 12.8 Å². The van der Waals surface area contributed by atoms with Crippen LogP contribution in [0.5, 0.6) is 0 Å². The van der Waals surface area contributed by atoms with Gasteiger partial charge in [0.05, 0.1) is 5.69 Å². The Morgan fingerprint density at radius 3 is 2.59 bits per heavy atom. The first-order valence-corrected chi connectivity index (χ1v) is 6.74. The predicted octanol–water partition coefficient (Wildman–Crippen LogP) is 2.25. The lowest BCUT2D eigenvalue weighted by Gasteiger charge is -2.13. The van der Waals surface area contributed by atoms with Gasteiger partial charge in [0.2, 0.25) is 0 Å². The fraction of sp³-hybridized carbons (Fsp3) is 0.667. The standard InChI is InChI=1S/C12H21N3OS/c1-7(2)5-6-14-8(3)10-9(4)15-12(17-10)11(13)16/h7-8,14H,5-6H2,1-4H3,(H2,13,16). The van der Waals surface area contributed by atoms with E-state index in [1.54, 1.807) is 0 Å². The number of nitrogens with two attached hydrogens (primary N) is 1. The molecule has 1 aromatic rings. The molecule has 1 unspecified atom stereocenters. The SMILES string of the molecule is Cc1nc(C(N)=O)sc1C(C)NCCC(C)C. The van der Waals surface area contributed by atoms with Crippen LogP contribution in [0.3, 0.4) is 0 Å². The Morgan fingerprint density at radius 1 is 1.47 bits per heavy atom. The van der Waals surface area contributed by atoms with Crippen molar-refractivity contribution in [1.29, 1.82) is 0 Å². The molecule has 0 saturated carbocycles. The maximum atomic E-state index is 11.0. The lowest BCUT2D eigenvalue weighted by Crippen LogP contribution is -2.20. The van der Waals surface area contributed by atoms with Crippen molar-refractivity contribution in [1.82, 2.24) is 10.3 Å². The van der Waals surface area contributed by atoms with Crippen LogP contribution in [0.25, 0.3) is 0 Å². The summed E-state index contributed by atoms with van der Waals surface area (Å²) in [5, 5.41) is 3.84. The molecule has 1 aromatic heterocycles.